The first kappa shape index (κ1) is 17.6. The summed E-state index contributed by atoms with van der Waals surface area (Å²) < 4.78 is 46.3. The van der Waals surface area contributed by atoms with Gasteiger partial charge in [-0.2, -0.15) is 13.2 Å². The molecule has 0 amide bonds. The van der Waals surface area contributed by atoms with Crippen molar-refractivity contribution in [2.75, 3.05) is 0 Å². The SMILES string of the molecule is CC(CCn1cnc([N+](=O)[O-])c1)(O[Si](C)(C)C)C(F)(F)F. The van der Waals surface area contributed by atoms with Gasteiger partial charge in [0.2, 0.25) is 6.33 Å². The minimum Gasteiger partial charge on any atom is -0.404 e. The number of rotatable bonds is 6. The van der Waals surface area contributed by atoms with E-state index >= 15 is 0 Å². The molecule has 0 spiro atoms. The van der Waals surface area contributed by atoms with Crippen molar-refractivity contribution in [3.05, 3.63) is 22.6 Å². The molecule has 0 aliphatic heterocycles. The van der Waals surface area contributed by atoms with Gasteiger partial charge in [-0.1, -0.05) is 0 Å². The summed E-state index contributed by atoms with van der Waals surface area (Å²) in [4.78, 5) is 13.3. The molecule has 0 aliphatic rings. The van der Waals surface area contributed by atoms with Gasteiger partial charge in [-0.25, -0.2) is 0 Å². The fourth-order valence-electron chi connectivity index (χ4n) is 1.83. The van der Waals surface area contributed by atoms with Crippen molar-refractivity contribution in [3.8, 4) is 0 Å². The van der Waals surface area contributed by atoms with Crippen molar-refractivity contribution in [3.63, 3.8) is 0 Å². The number of imidazole rings is 1. The van der Waals surface area contributed by atoms with E-state index in [9.17, 15) is 23.3 Å². The van der Waals surface area contributed by atoms with E-state index in [1.54, 1.807) is 19.6 Å². The molecular formula is C11H18F3N3O3Si. The number of hydrogen-bond acceptors (Lipinski definition) is 4. The van der Waals surface area contributed by atoms with Crippen LogP contribution in [0.5, 0.6) is 0 Å². The Morgan fingerprint density at radius 3 is 2.38 bits per heavy atom. The lowest BCUT2D eigenvalue weighted by Crippen LogP contribution is -2.51. The second-order valence-corrected chi connectivity index (χ2v) is 10.3. The molecule has 1 aromatic heterocycles. The molecular weight excluding hydrogens is 307 g/mol. The second-order valence-electron chi connectivity index (χ2n) is 5.92. The molecule has 0 radical (unpaired) electrons. The molecule has 1 heterocycles. The molecule has 0 N–H and O–H groups in total. The third kappa shape index (κ3) is 4.81. The van der Waals surface area contributed by atoms with Crippen molar-refractivity contribution < 1.29 is 22.5 Å². The molecule has 0 saturated carbocycles. The summed E-state index contributed by atoms with van der Waals surface area (Å²) in [5.74, 6) is -0.394. The predicted molar refractivity (Wildman–Crippen MR) is 72.4 cm³/mol. The summed E-state index contributed by atoms with van der Waals surface area (Å²) in [7, 11) is -2.41. The number of alkyl halides is 3. The predicted octanol–water partition coefficient (Wildman–Crippen LogP) is 3.35. The first-order valence-corrected chi connectivity index (χ1v) is 9.68. The van der Waals surface area contributed by atoms with E-state index in [0.717, 1.165) is 19.4 Å². The second kappa shape index (κ2) is 5.76. The van der Waals surface area contributed by atoms with Crippen LogP contribution in [0.4, 0.5) is 19.0 Å². The maximum atomic E-state index is 13.2. The highest BCUT2D eigenvalue weighted by atomic mass is 28.4. The van der Waals surface area contributed by atoms with Gasteiger partial charge in [-0.05, 0) is 36.5 Å². The Morgan fingerprint density at radius 1 is 1.43 bits per heavy atom. The van der Waals surface area contributed by atoms with E-state index < -0.39 is 30.8 Å². The van der Waals surface area contributed by atoms with E-state index in [0.29, 0.717) is 0 Å². The zero-order valence-electron chi connectivity index (χ0n) is 12.3. The van der Waals surface area contributed by atoms with Crippen molar-refractivity contribution in [1.82, 2.24) is 9.55 Å². The Hall–Kier alpha value is -1.42. The van der Waals surface area contributed by atoms with Crippen LogP contribution in [-0.4, -0.2) is 34.6 Å². The molecule has 0 aromatic carbocycles. The van der Waals surface area contributed by atoms with E-state index in [1.807, 2.05) is 0 Å². The molecule has 120 valence electrons. The fourth-order valence-corrected chi connectivity index (χ4v) is 3.40. The van der Waals surface area contributed by atoms with Gasteiger partial charge in [0, 0.05) is 13.0 Å². The molecule has 21 heavy (non-hydrogen) atoms. The molecule has 0 saturated heterocycles. The third-order valence-electron chi connectivity index (χ3n) is 2.78. The van der Waals surface area contributed by atoms with E-state index in [-0.39, 0.29) is 13.0 Å². The zero-order valence-corrected chi connectivity index (χ0v) is 13.3. The smallest absolute Gasteiger partial charge is 0.404 e. The van der Waals surface area contributed by atoms with Crippen LogP contribution in [0.2, 0.25) is 19.6 Å². The fraction of sp³-hybridized carbons (Fsp3) is 0.727. The van der Waals surface area contributed by atoms with Gasteiger partial charge in [-0.3, -0.25) is 0 Å². The standard InChI is InChI=1S/C11H18F3N3O3Si/c1-10(11(12,13)14,20-21(2,3)4)5-6-16-7-9(15-8-16)17(18)19/h7-8H,5-6H2,1-4H3. The maximum absolute atomic E-state index is 13.2. The number of aryl methyl sites for hydroxylation is 1. The average molecular weight is 325 g/mol. The van der Waals surface area contributed by atoms with Gasteiger partial charge < -0.3 is 19.1 Å². The van der Waals surface area contributed by atoms with Crippen molar-refractivity contribution in [1.29, 1.82) is 0 Å². The minimum absolute atomic E-state index is 0.0681. The van der Waals surface area contributed by atoms with Gasteiger partial charge in [0.15, 0.2) is 13.9 Å². The minimum atomic E-state index is -4.51. The summed E-state index contributed by atoms with van der Waals surface area (Å²) >= 11 is 0. The highest BCUT2D eigenvalue weighted by Gasteiger charge is 2.53. The van der Waals surface area contributed by atoms with Gasteiger partial charge in [0.1, 0.15) is 6.20 Å². The number of aromatic nitrogens is 2. The molecule has 0 aliphatic carbocycles. The van der Waals surface area contributed by atoms with Gasteiger partial charge in [0.05, 0.1) is 0 Å². The molecule has 1 unspecified atom stereocenters. The van der Waals surface area contributed by atoms with Gasteiger partial charge in [-0.15, -0.1) is 0 Å². The number of nitrogens with zero attached hydrogens (tertiary/aromatic N) is 3. The molecule has 10 heteroatoms. The number of hydrogen-bond donors (Lipinski definition) is 0. The van der Waals surface area contributed by atoms with E-state index in [1.165, 1.54) is 4.57 Å². The first-order chi connectivity index (χ1) is 9.34. The van der Waals surface area contributed by atoms with Crippen LogP contribution in [-0.2, 0) is 11.0 Å². The highest BCUT2D eigenvalue weighted by molar-refractivity contribution is 6.69. The molecule has 1 aromatic rings. The topological polar surface area (TPSA) is 70.2 Å². The van der Waals surface area contributed by atoms with E-state index in [4.69, 9.17) is 4.43 Å². The molecule has 0 bridgehead atoms. The van der Waals surface area contributed by atoms with Crippen LogP contribution >= 0.6 is 0 Å². The lowest BCUT2D eigenvalue weighted by Gasteiger charge is -2.37. The summed E-state index contributed by atoms with van der Waals surface area (Å²) in [5.41, 5.74) is -2.28. The van der Waals surface area contributed by atoms with Crippen LogP contribution in [0.25, 0.3) is 0 Å². The maximum Gasteiger partial charge on any atom is 0.416 e. The number of halogens is 3. The van der Waals surface area contributed by atoms with Crippen LogP contribution in [0.15, 0.2) is 12.5 Å². The van der Waals surface area contributed by atoms with Crippen LogP contribution in [0.3, 0.4) is 0 Å². The Labute approximate surface area is 121 Å². The Balaban J connectivity index is 2.85. The van der Waals surface area contributed by atoms with Crippen LogP contribution in [0.1, 0.15) is 13.3 Å². The van der Waals surface area contributed by atoms with Gasteiger partial charge in [0.25, 0.3) is 0 Å². The van der Waals surface area contributed by atoms with Crippen molar-refractivity contribution in [2.45, 2.75) is 51.3 Å². The van der Waals surface area contributed by atoms with Crippen molar-refractivity contribution >= 4 is 14.1 Å². The number of nitro groups is 1. The summed E-state index contributed by atoms with van der Waals surface area (Å²) in [6.45, 7) is 5.98. The average Bonchev–Trinajstić information content (AvgIpc) is 2.71. The van der Waals surface area contributed by atoms with Crippen molar-refractivity contribution in [2.24, 2.45) is 0 Å². The zero-order chi connectivity index (χ0) is 16.5. The lowest BCUT2D eigenvalue weighted by atomic mass is 10.0. The highest BCUT2D eigenvalue weighted by Crippen LogP contribution is 2.38. The lowest BCUT2D eigenvalue weighted by molar-refractivity contribution is -0.389. The normalized spacial score (nSPS) is 15.8. The Morgan fingerprint density at radius 2 is 2.00 bits per heavy atom. The summed E-state index contributed by atoms with van der Waals surface area (Å²) in [6.07, 6.45) is -2.61. The summed E-state index contributed by atoms with van der Waals surface area (Å²) in [6, 6.07) is 0. The van der Waals surface area contributed by atoms with E-state index in [2.05, 4.69) is 4.98 Å². The molecule has 0 fully saturated rings. The molecule has 1 rings (SSSR count). The molecule has 6 nitrogen and oxygen atoms in total. The Kier molecular flexibility index (Phi) is 4.83. The monoisotopic (exact) mass is 325 g/mol. The third-order valence-corrected chi connectivity index (χ3v) is 3.85. The van der Waals surface area contributed by atoms with Gasteiger partial charge >= 0.3 is 12.0 Å². The summed E-state index contributed by atoms with van der Waals surface area (Å²) in [5, 5.41) is 10.5. The first-order valence-electron chi connectivity index (χ1n) is 6.27. The largest absolute Gasteiger partial charge is 0.416 e. The quantitative estimate of drug-likeness (QED) is 0.457. The van der Waals surface area contributed by atoms with Crippen LogP contribution < -0.4 is 0 Å². The van der Waals surface area contributed by atoms with Crippen LogP contribution in [0, 0.1) is 10.1 Å². The molecule has 1 atom stereocenters. The Bertz CT molecular complexity index is 513.